The van der Waals surface area contributed by atoms with E-state index >= 15 is 0 Å². The molecule has 1 fully saturated rings. The summed E-state index contributed by atoms with van der Waals surface area (Å²) in [4.78, 5) is 5.26. The van der Waals surface area contributed by atoms with Gasteiger partial charge in [0.2, 0.25) is 5.96 Å². The molecule has 1 atom stereocenters. The molecule has 0 aliphatic carbocycles. The van der Waals surface area contributed by atoms with Gasteiger partial charge >= 0.3 is 12.4 Å². The summed E-state index contributed by atoms with van der Waals surface area (Å²) in [7, 11) is 0. The van der Waals surface area contributed by atoms with Crippen LogP contribution in [0, 0.1) is 6.92 Å². The first-order chi connectivity index (χ1) is 13.8. The zero-order valence-electron chi connectivity index (χ0n) is 16.4. The second kappa shape index (κ2) is 7.76. The van der Waals surface area contributed by atoms with Gasteiger partial charge in [0.05, 0.1) is 35.7 Å². The fourth-order valence-electron chi connectivity index (χ4n) is 3.66. The van der Waals surface area contributed by atoms with Crippen LogP contribution in [0.5, 0.6) is 0 Å². The molecule has 0 spiro atoms. The van der Waals surface area contributed by atoms with Gasteiger partial charge in [-0.2, -0.15) is 31.4 Å². The third-order valence-electron chi connectivity index (χ3n) is 5.15. The molecule has 168 valence electrons. The first kappa shape index (κ1) is 22.4. The highest BCUT2D eigenvalue weighted by molar-refractivity contribution is 5.95. The summed E-state index contributed by atoms with van der Waals surface area (Å²) in [6.45, 7) is 2.59. The first-order valence-corrected chi connectivity index (χ1v) is 9.29. The van der Waals surface area contributed by atoms with Crippen molar-refractivity contribution >= 4 is 11.6 Å². The SMILES string of the molecule is Cc1c(NC2=NC(C)(N)C(C(F)(F)F)=CN2)cnn1C1CCN(CC(F)(F)F)CC1. The first-order valence-electron chi connectivity index (χ1n) is 9.29. The number of nitrogens with one attached hydrogen (secondary N) is 2. The number of aliphatic imine (C=N–C) groups is 1. The fourth-order valence-corrected chi connectivity index (χ4v) is 3.66. The van der Waals surface area contributed by atoms with E-state index in [1.807, 2.05) is 0 Å². The third-order valence-corrected chi connectivity index (χ3v) is 5.15. The molecule has 0 radical (unpaired) electrons. The molecule has 2 aliphatic heterocycles. The predicted octanol–water partition coefficient (Wildman–Crippen LogP) is 2.88. The molecular formula is C17H23F6N7. The topological polar surface area (TPSA) is 83.5 Å². The molecular weight excluding hydrogens is 416 g/mol. The lowest BCUT2D eigenvalue weighted by molar-refractivity contribution is -0.148. The van der Waals surface area contributed by atoms with E-state index in [1.54, 1.807) is 11.6 Å². The Balaban J connectivity index is 1.65. The number of guanidine groups is 1. The van der Waals surface area contributed by atoms with Crippen LogP contribution in [-0.2, 0) is 0 Å². The van der Waals surface area contributed by atoms with Gasteiger partial charge in [0, 0.05) is 19.3 Å². The highest BCUT2D eigenvalue weighted by Gasteiger charge is 2.45. The van der Waals surface area contributed by atoms with Gasteiger partial charge in [-0.15, -0.1) is 0 Å². The standard InChI is InChI=1S/C17H23F6N7/c1-10-12(27-14-25-8-13(17(21,22)23)15(2,24)28-14)7-26-30(10)11-3-5-29(6-4-11)9-16(18,19)20/h7-8,11H,3-6,9,24H2,1-2H3,(H2,25,27,28). The summed E-state index contributed by atoms with van der Waals surface area (Å²) in [5.41, 5.74) is 3.95. The van der Waals surface area contributed by atoms with Gasteiger partial charge in [0.25, 0.3) is 0 Å². The van der Waals surface area contributed by atoms with Crippen molar-refractivity contribution in [1.29, 1.82) is 0 Å². The van der Waals surface area contributed by atoms with Crippen molar-refractivity contribution in [3.63, 3.8) is 0 Å². The monoisotopic (exact) mass is 439 g/mol. The summed E-state index contributed by atoms with van der Waals surface area (Å²) in [5, 5.41) is 9.63. The molecule has 2 aliphatic rings. The molecule has 1 unspecified atom stereocenters. The Morgan fingerprint density at radius 1 is 1.23 bits per heavy atom. The Bertz CT molecular complexity index is 829. The number of likely N-dealkylation sites (tertiary alicyclic amines) is 1. The van der Waals surface area contributed by atoms with Gasteiger partial charge in [-0.05, 0) is 26.7 Å². The van der Waals surface area contributed by atoms with E-state index in [0.717, 1.165) is 13.1 Å². The molecule has 0 bridgehead atoms. The minimum absolute atomic E-state index is 0.0376. The Hall–Kier alpha value is -2.28. The number of rotatable bonds is 3. The maximum atomic E-state index is 13.0. The van der Waals surface area contributed by atoms with Gasteiger partial charge in [0.15, 0.2) is 0 Å². The number of piperidine rings is 1. The van der Waals surface area contributed by atoms with E-state index in [0.29, 0.717) is 37.3 Å². The van der Waals surface area contributed by atoms with Crippen LogP contribution < -0.4 is 16.4 Å². The normalized spacial score (nSPS) is 24.3. The lowest BCUT2D eigenvalue weighted by atomic mass is 10.0. The quantitative estimate of drug-likeness (QED) is 0.631. The van der Waals surface area contributed by atoms with E-state index in [2.05, 4.69) is 20.7 Å². The number of hydrogen-bond acceptors (Lipinski definition) is 6. The van der Waals surface area contributed by atoms with E-state index in [9.17, 15) is 26.3 Å². The van der Waals surface area contributed by atoms with Crippen LogP contribution in [0.4, 0.5) is 32.0 Å². The fraction of sp³-hybridized carbons (Fsp3) is 0.647. The van der Waals surface area contributed by atoms with Gasteiger partial charge in [-0.25, -0.2) is 4.99 Å². The minimum Gasteiger partial charge on any atom is -0.332 e. The van der Waals surface area contributed by atoms with Crippen LogP contribution in [0.25, 0.3) is 0 Å². The van der Waals surface area contributed by atoms with Crippen LogP contribution in [0.2, 0.25) is 0 Å². The van der Waals surface area contributed by atoms with E-state index < -0.39 is 30.1 Å². The van der Waals surface area contributed by atoms with Crippen molar-refractivity contribution < 1.29 is 26.3 Å². The van der Waals surface area contributed by atoms with Crippen molar-refractivity contribution in [2.24, 2.45) is 10.7 Å². The molecule has 0 amide bonds. The number of anilines is 1. The van der Waals surface area contributed by atoms with Gasteiger partial charge in [-0.1, -0.05) is 0 Å². The smallest absolute Gasteiger partial charge is 0.332 e. The zero-order chi connectivity index (χ0) is 22.3. The number of halogens is 6. The molecule has 30 heavy (non-hydrogen) atoms. The molecule has 0 saturated carbocycles. The average molecular weight is 439 g/mol. The van der Waals surface area contributed by atoms with Crippen molar-refractivity contribution in [2.45, 2.75) is 50.7 Å². The van der Waals surface area contributed by atoms with E-state index in [-0.39, 0.29) is 12.0 Å². The average Bonchev–Trinajstić information content (AvgIpc) is 2.93. The van der Waals surface area contributed by atoms with Gasteiger partial charge in [0.1, 0.15) is 5.66 Å². The second-order valence-corrected chi connectivity index (χ2v) is 7.64. The molecule has 3 rings (SSSR count). The maximum Gasteiger partial charge on any atom is 0.417 e. The number of nitrogens with two attached hydrogens (primary N) is 1. The number of nitrogens with zero attached hydrogens (tertiary/aromatic N) is 4. The summed E-state index contributed by atoms with van der Waals surface area (Å²) < 4.78 is 78.4. The van der Waals surface area contributed by atoms with Crippen molar-refractivity contribution in [3.8, 4) is 0 Å². The van der Waals surface area contributed by atoms with Crippen LogP contribution in [0.15, 0.2) is 23.0 Å². The van der Waals surface area contributed by atoms with Crippen LogP contribution in [0.1, 0.15) is 31.5 Å². The number of alkyl halides is 6. The molecule has 1 aromatic heterocycles. The Labute approximate surface area is 169 Å². The number of hydrogen-bond donors (Lipinski definition) is 3. The lowest BCUT2D eigenvalue weighted by Crippen LogP contribution is -2.49. The molecule has 7 nitrogen and oxygen atoms in total. The highest BCUT2D eigenvalue weighted by atomic mass is 19.4. The summed E-state index contributed by atoms with van der Waals surface area (Å²) >= 11 is 0. The minimum atomic E-state index is -4.62. The highest BCUT2D eigenvalue weighted by Crippen LogP contribution is 2.34. The molecule has 4 N–H and O–H groups in total. The summed E-state index contributed by atoms with van der Waals surface area (Å²) in [5.74, 6) is 0.0376. The molecule has 3 heterocycles. The Kier molecular flexibility index (Phi) is 5.80. The summed E-state index contributed by atoms with van der Waals surface area (Å²) in [6, 6.07) is -0.0669. The Morgan fingerprint density at radius 3 is 2.40 bits per heavy atom. The van der Waals surface area contributed by atoms with E-state index in [1.165, 1.54) is 11.1 Å². The van der Waals surface area contributed by atoms with Crippen molar-refractivity contribution in [3.05, 3.63) is 23.7 Å². The Morgan fingerprint density at radius 2 is 1.87 bits per heavy atom. The molecule has 13 heteroatoms. The van der Waals surface area contributed by atoms with Gasteiger partial charge in [-0.3, -0.25) is 9.58 Å². The third kappa shape index (κ3) is 5.06. The molecule has 0 aromatic carbocycles. The van der Waals surface area contributed by atoms with E-state index in [4.69, 9.17) is 5.73 Å². The molecule has 1 aromatic rings. The predicted molar refractivity (Wildman–Crippen MR) is 98.7 cm³/mol. The van der Waals surface area contributed by atoms with Crippen LogP contribution in [-0.4, -0.2) is 58.3 Å². The largest absolute Gasteiger partial charge is 0.417 e. The maximum absolute atomic E-state index is 13.0. The van der Waals surface area contributed by atoms with Crippen LogP contribution in [0.3, 0.4) is 0 Å². The molecule has 1 saturated heterocycles. The van der Waals surface area contributed by atoms with Crippen molar-refractivity contribution in [1.82, 2.24) is 20.0 Å². The lowest BCUT2D eigenvalue weighted by Gasteiger charge is -2.33. The van der Waals surface area contributed by atoms with Crippen LogP contribution >= 0.6 is 0 Å². The second-order valence-electron chi connectivity index (χ2n) is 7.64. The van der Waals surface area contributed by atoms with Gasteiger partial charge < -0.3 is 16.4 Å². The van der Waals surface area contributed by atoms with Crippen molar-refractivity contribution in [2.75, 3.05) is 25.0 Å². The summed E-state index contributed by atoms with van der Waals surface area (Å²) in [6.07, 6.45) is -5.56. The number of aromatic nitrogens is 2. The zero-order valence-corrected chi connectivity index (χ0v) is 16.4.